The molecule has 0 unspecified atom stereocenters. The van der Waals surface area contributed by atoms with Gasteiger partial charge in [-0.3, -0.25) is 9.67 Å². The van der Waals surface area contributed by atoms with E-state index in [0.29, 0.717) is 19.0 Å². The van der Waals surface area contributed by atoms with Crippen LogP contribution in [-0.2, 0) is 26.3 Å². The average molecular weight is 339 g/mol. The first-order valence-electron chi connectivity index (χ1n) is 7.36. The van der Waals surface area contributed by atoms with E-state index in [1.165, 1.54) is 12.1 Å². The lowest BCUT2D eigenvalue weighted by atomic mass is 10.1. The van der Waals surface area contributed by atoms with Crippen LogP contribution >= 0.6 is 0 Å². The maximum atomic E-state index is 12.6. The number of nitrogens with zero attached hydrogens (tertiary/aromatic N) is 4. The molecule has 5 nitrogen and oxygen atoms in total. The highest BCUT2D eigenvalue weighted by atomic mass is 19.4. The van der Waals surface area contributed by atoms with E-state index in [0.717, 1.165) is 23.4 Å². The molecule has 0 aliphatic rings. The Balaban J connectivity index is 1.96. The molecular formula is C16H20F3N5. The highest BCUT2D eigenvalue weighted by Gasteiger charge is 2.29. The molecule has 0 aliphatic carbocycles. The number of hydrogen-bond acceptors (Lipinski definition) is 2. The number of hydrogen-bond donors (Lipinski definition) is 1. The molecule has 24 heavy (non-hydrogen) atoms. The van der Waals surface area contributed by atoms with Gasteiger partial charge in [-0.2, -0.15) is 18.3 Å². The number of benzene rings is 1. The monoisotopic (exact) mass is 339 g/mol. The summed E-state index contributed by atoms with van der Waals surface area (Å²) in [7, 11) is 5.34. The van der Waals surface area contributed by atoms with E-state index in [2.05, 4.69) is 15.4 Å². The van der Waals surface area contributed by atoms with E-state index in [4.69, 9.17) is 0 Å². The molecule has 0 radical (unpaired) electrons. The molecule has 130 valence electrons. The Morgan fingerprint density at radius 3 is 2.42 bits per heavy atom. The van der Waals surface area contributed by atoms with Gasteiger partial charge in [0, 0.05) is 33.9 Å². The zero-order chi connectivity index (χ0) is 17.7. The van der Waals surface area contributed by atoms with Crippen LogP contribution in [0.25, 0.3) is 0 Å². The third kappa shape index (κ3) is 4.50. The molecule has 0 aliphatic heterocycles. The zero-order valence-electron chi connectivity index (χ0n) is 13.8. The highest BCUT2D eigenvalue weighted by Crippen LogP contribution is 2.29. The van der Waals surface area contributed by atoms with Crippen molar-refractivity contribution >= 4 is 5.96 Å². The van der Waals surface area contributed by atoms with Gasteiger partial charge in [-0.15, -0.1) is 0 Å². The van der Waals surface area contributed by atoms with E-state index in [1.54, 1.807) is 17.9 Å². The standard InChI is InChI=1S/C16H20F3N5/c1-20-15(21-10-14-8-9-22-24(14)3)23(2)11-12-4-6-13(7-5-12)16(17,18)19/h4-9H,10-11H2,1-3H3,(H,20,21). The molecule has 0 amide bonds. The molecule has 2 rings (SSSR count). The van der Waals surface area contributed by atoms with Gasteiger partial charge >= 0.3 is 6.18 Å². The number of halogens is 3. The fourth-order valence-electron chi connectivity index (χ4n) is 2.28. The van der Waals surface area contributed by atoms with Gasteiger partial charge in [0.25, 0.3) is 0 Å². The number of aryl methyl sites for hydroxylation is 1. The van der Waals surface area contributed by atoms with Crippen LogP contribution in [0, 0.1) is 0 Å². The van der Waals surface area contributed by atoms with E-state index in [9.17, 15) is 13.2 Å². The minimum Gasteiger partial charge on any atom is -0.351 e. The third-order valence-corrected chi connectivity index (χ3v) is 3.62. The van der Waals surface area contributed by atoms with E-state index in [-0.39, 0.29) is 0 Å². The Hall–Kier alpha value is -2.51. The molecule has 0 saturated carbocycles. The van der Waals surface area contributed by atoms with Crippen molar-refractivity contribution in [3.05, 3.63) is 53.3 Å². The first kappa shape index (κ1) is 17.8. The van der Waals surface area contributed by atoms with Crippen molar-refractivity contribution in [3.63, 3.8) is 0 Å². The molecule has 1 aromatic heterocycles. The van der Waals surface area contributed by atoms with Crippen LogP contribution in [0.2, 0.25) is 0 Å². The molecule has 1 aromatic carbocycles. The molecule has 0 saturated heterocycles. The van der Waals surface area contributed by atoms with E-state index >= 15 is 0 Å². The summed E-state index contributed by atoms with van der Waals surface area (Å²) in [4.78, 5) is 6.04. The van der Waals surface area contributed by atoms with Crippen LogP contribution in [0.15, 0.2) is 41.5 Å². The first-order chi connectivity index (χ1) is 11.3. The Morgan fingerprint density at radius 1 is 1.25 bits per heavy atom. The van der Waals surface area contributed by atoms with Crippen LogP contribution in [0.3, 0.4) is 0 Å². The lowest BCUT2D eigenvalue weighted by Crippen LogP contribution is -2.38. The quantitative estimate of drug-likeness (QED) is 0.688. The lowest BCUT2D eigenvalue weighted by Gasteiger charge is -2.22. The van der Waals surface area contributed by atoms with Gasteiger partial charge in [0.1, 0.15) is 0 Å². The smallest absolute Gasteiger partial charge is 0.351 e. The summed E-state index contributed by atoms with van der Waals surface area (Å²) in [5, 5.41) is 7.30. The Kier molecular flexibility index (Phi) is 5.48. The Bertz CT molecular complexity index is 688. The van der Waals surface area contributed by atoms with Gasteiger partial charge in [0.05, 0.1) is 17.8 Å². The van der Waals surface area contributed by atoms with Crippen molar-refractivity contribution in [1.82, 2.24) is 20.0 Å². The van der Waals surface area contributed by atoms with E-state index in [1.807, 2.05) is 25.1 Å². The Labute approximate surface area is 138 Å². The zero-order valence-corrected chi connectivity index (χ0v) is 13.8. The number of nitrogens with one attached hydrogen (secondary N) is 1. The van der Waals surface area contributed by atoms with E-state index < -0.39 is 11.7 Å². The fourth-order valence-corrected chi connectivity index (χ4v) is 2.28. The first-order valence-corrected chi connectivity index (χ1v) is 7.36. The summed E-state index contributed by atoms with van der Waals surface area (Å²) < 4.78 is 39.5. The molecule has 0 fully saturated rings. The predicted octanol–water partition coefficient (Wildman–Crippen LogP) is 2.65. The summed E-state index contributed by atoms with van der Waals surface area (Å²) in [5.41, 5.74) is 1.13. The maximum Gasteiger partial charge on any atom is 0.416 e. The largest absolute Gasteiger partial charge is 0.416 e. The predicted molar refractivity (Wildman–Crippen MR) is 86.3 cm³/mol. The maximum absolute atomic E-state index is 12.6. The third-order valence-electron chi connectivity index (χ3n) is 3.62. The van der Waals surface area contributed by atoms with Gasteiger partial charge < -0.3 is 10.2 Å². The minimum atomic E-state index is -4.31. The minimum absolute atomic E-state index is 0.448. The molecule has 2 aromatic rings. The van der Waals surface area contributed by atoms with Crippen molar-refractivity contribution in [2.45, 2.75) is 19.3 Å². The van der Waals surface area contributed by atoms with Gasteiger partial charge in [0.2, 0.25) is 0 Å². The molecular weight excluding hydrogens is 319 g/mol. The second-order valence-electron chi connectivity index (χ2n) is 5.40. The lowest BCUT2D eigenvalue weighted by molar-refractivity contribution is -0.137. The summed E-state index contributed by atoms with van der Waals surface area (Å²) in [6.07, 6.45) is -2.60. The number of rotatable bonds is 4. The molecule has 0 spiro atoms. The number of aliphatic imine (C=N–C) groups is 1. The van der Waals surface area contributed by atoms with Gasteiger partial charge in [0.15, 0.2) is 5.96 Å². The van der Waals surface area contributed by atoms with Gasteiger partial charge in [-0.25, -0.2) is 0 Å². The Morgan fingerprint density at radius 2 is 1.92 bits per heavy atom. The van der Waals surface area contributed by atoms with Crippen molar-refractivity contribution < 1.29 is 13.2 Å². The summed E-state index contributed by atoms with van der Waals surface area (Å²) in [5.74, 6) is 0.649. The number of alkyl halides is 3. The highest BCUT2D eigenvalue weighted by molar-refractivity contribution is 5.79. The number of guanidine groups is 1. The van der Waals surface area contributed by atoms with Crippen molar-refractivity contribution in [1.29, 1.82) is 0 Å². The fraction of sp³-hybridized carbons (Fsp3) is 0.375. The van der Waals surface area contributed by atoms with Crippen molar-refractivity contribution in [2.24, 2.45) is 12.0 Å². The van der Waals surface area contributed by atoms with Crippen LogP contribution in [0.1, 0.15) is 16.8 Å². The summed E-state index contributed by atoms with van der Waals surface area (Å²) in [6, 6.07) is 7.04. The second kappa shape index (κ2) is 7.37. The van der Waals surface area contributed by atoms with Crippen LogP contribution in [0.4, 0.5) is 13.2 Å². The van der Waals surface area contributed by atoms with Crippen LogP contribution in [0.5, 0.6) is 0 Å². The SMILES string of the molecule is CN=C(NCc1ccnn1C)N(C)Cc1ccc(C(F)(F)F)cc1. The second-order valence-corrected chi connectivity index (χ2v) is 5.40. The van der Waals surface area contributed by atoms with Gasteiger partial charge in [-0.05, 0) is 23.8 Å². The normalized spacial score (nSPS) is 12.3. The summed E-state index contributed by atoms with van der Waals surface area (Å²) >= 11 is 0. The average Bonchev–Trinajstić information content (AvgIpc) is 2.93. The van der Waals surface area contributed by atoms with Crippen LogP contribution in [-0.4, -0.2) is 34.7 Å². The molecule has 1 heterocycles. The number of aromatic nitrogens is 2. The molecule has 8 heteroatoms. The summed E-state index contributed by atoms with van der Waals surface area (Å²) in [6.45, 7) is 1.00. The molecule has 1 N–H and O–H groups in total. The van der Waals surface area contributed by atoms with Crippen molar-refractivity contribution in [3.8, 4) is 0 Å². The van der Waals surface area contributed by atoms with Crippen molar-refractivity contribution in [2.75, 3.05) is 14.1 Å². The molecule has 0 atom stereocenters. The topological polar surface area (TPSA) is 45.5 Å². The van der Waals surface area contributed by atoms with Crippen LogP contribution < -0.4 is 5.32 Å². The van der Waals surface area contributed by atoms with Gasteiger partial charge in [-0.1, -0.05) is 12.1 Å². The molecule has 0 bridgehead atoms.